The number of aromatic hydroxyl groups is 1. The molecule has 0 aromatic carbocycles. The van der Waals surface area contributed by atoms with Crippen molar-refractivity contribution in [3.63, 3.8) is 0 Å². The van der Waals surface area contributed by atoms with Crippen molar-refractivity contribution in [2.45, 2.75) is 0 Å². The number of carboxylic acids is 1. The monoisotopic (exact) mass is 334 g/mol. The Bertz CT molecular complexity index is 855. The number of aromatic nitrogens is 1. The maximum atomic E-state index is 11.9. The van der Waals surface area contributed by atoms with E-state index >= 15 is 0 Å². The van der Waals surface area contributed by atoms with Crippen molar-refractivity contribution in [3.8, 4) is 15.5 Å². The van der Waals surface area contributed by atoms with Gasteiger partial charge in [0.1, 0.15) is 6.54 Å². The topological polar surface area (TPSA) is 99.5 Å². The molecule has 0 saturated carbocycles. The van der Waals surface area contributed by atoms with Crippen LogP contribution in [0, 0.1) is 0 Å². The molecule has 6 nitrogen and oxygen atoms in total. The quantitative estimate of drug-likeness (QED) is 0.681. The SMILES string of the molecule is O=C(O)CNC(=O)c1ncc2sc(-c3cccs3)cc2c1O. The molecule has 0 spiro atoms. The van der Waals surface area contributed by atoms with Gasteiger partial charge in [-0.15, -0.1) is 22.7 Å². The molecule has 0 fully saturated rings. The molecule has 1 amide bonds. The number of thiophene rings is 2. The molecule has 8 heteroatoms. The summed E-state index contributed by atoms with van der Waals surface area (Å²) in [6, 6.07) is 5.71. The Kier molecular flexibility index (Phi) is 3.78. The Hall–Kier alpha value is -2.45. The van der Waals surface area contributed by atoms with Crippen LogP contribution in [0.1, 0.15) is 10.5 Å². The molecular weight excluding hydrogens is 324 g/mol. The lowest BCUT2D eigenvalue weighted by Gasteiger charge is -2.04. The van der Waals surface area contributed by atoms with Crippen LogP contribution in [0.5, 0.6) is 5.75 Å². The molecule has 112 valence electrons. The molecule has 3 heterocycles. The first-order valence-electron chi connectivity index (χ1n) is 6.21. The van der Waals surface area contributed by atoms with Crippen LogP contribution in [0.15, 0.2) is 29.8 Å². The van der Waals surface area contributed by atoms with E-state index in [0.29, 0.717) is 5.39 Å². The highest BCUT2D eigenvalue weighted by Gasteiger charge is 2.18. The number of nitrogens with one attached hydrogen (secondary N) is 1. The third-order valence-corrected chi connectivity index (χ3v) is 5.07. The van der Waals surface area contributed by atoms with Crippen LogP contribution in [0.3, 0.4) is 0 Å². The van der Waals surface area contributed by atoms with E-state index < -0.39 is 18.4 Å². The van der Waals surface area contributed by atoms with Crippen LogP contribution in [0.2, 0.25) is 0 Å². The highest BCUT2D eigenvalue weighted by atomic mass is 32.1. The second-order valence-corrected chi connectivity index (χ2v) is 6.43. The normalized spacial score (nSPS) is 10.7. The number of hydrogen-bond acceptors (Lipinski definition) is 6. The molecule has 3 aromatic heterocycles. The van der Waals surface area contributed by atoms with E-state index in [9.17, 15) is 14.7 Å². The molecule has 0 aliphatic heterocycles. The van der Waals surface area contributed by atoms with Gasteiger partial charge in [0.15, 0.2) is 11.4 Å². The third kappa shape index (κ3) is 2.66. The molecule has 0 saturated heterocycles. The molecular formula is C14H10N2O4S2. The van der Waals surface area contributed by atoms with Crippen LogP contribution in [0.25, 0.3) is 19.8 Å². The zero-order chi connectivity index (χ0) is 15.7. The van der Waals surface area contributed by atoms with Crippen molar-refractivity contribution >= 4 is 44.6 Å². The van der Waals surface area contributed by atoms with Crippen LogP contribution in [-0.4, -0.2) is 33.6 Å². The molecule has 0 atom stereocenters. The van der Waals surface area contributed by atoms with Crippen molar-refractivity contribution < 1.29 is 19.8 Å². The van der Waals surface area contributed by atoms with Crippen molar-refractivity contribution in [1.82, 2.24) is 10.3 Å². The van der Waals surface area contributed by atoms with E-state index in [1.165, 1.54) is 17.5 Å². The summed E-state index contributed by atoms with van der Waals surface area (Å²) < 4.78 is 0.760. The zero-order valence-corrected chi connectivity index (χ0v) is 12.7. The van der Waals surface area contributed by atoms with Crippen molar-refractivity contribution in [3.05, 3.63) is 35.5 Å². The van der Waals surface area contributed by atoms with Crippen LogP contribution >= 0.6 is 22.7 Å². The lowest BCUT2D eigenvalue weighted by Crippen LogP contribution is -2.29. The summed E-state index contributed by atoms with van der Waals surface area (Å²) in [6.45, 7) is -0.526. The number of pyridine rings is 1. The second-order valence-electron chi connectivity index (χ2n) is 4.40. The fraction of sp³-hybridized carbons (Fsp3) is 0.0714. The standard InChI is InChI=1S/C14H10N2O4S2/c17-11(18)6-16-14(20)12-13(19)7-4-9(8-2-1-3-21-8)22-10(7)5-15-12/h1-5,19H,6H2,(H,16,20)(H,17,18). The minimum absolute atomic E-state index is 0.177. The predicted molar refractivity (Wildman–Crippen MR) is 84.6 cm³/mol. The Morgan fingerprint density at radius 2 is 2.14 bits per heavy atom. The number of hydrogen-bond donors (Lipinski definition) is 3. The highest BCUT2D eigenvalue weighted by molar-refractivity contribution is 7.25. The Morgan fingerprint density at radius 1 is 1.32 bits per heavy atom. The average molecular weight is 334 g/mol. The van der Waals surface area contributed by atoms with E-state index in [1.54, 1.807) is 17.4 Å². The van der Waals surface area contributed by atoms with Gasteiger partial charge in [-0.3, -0.25) is 9.59 Å². The number of carbonyl (C=O) groups excluding carboxylic acids is 1. The van der Waals surface area contributed by atoms with Crippen molar-refractivity contribution in [2.24, 2.45) is 0 Å². The summed E-state index contributed by atoms with van der Waals surface area (Å²) in [6.07, 6.45) is 1.51. The first-order valence-corrected chi connectivity index (χ1v) is 7.91. The molecule has 3 rings (SSSR count). The maximum absolute atomic E-state index is 11.9. The molecule has 0 aliphatic rings. The summed E-state index contributed by atoms with van der Waals surface area (Å²) in [4.78, 5) is 28.3. The summed E-state index contributed by atoms with van der Waals surface area (Å²) in [5.74, 6) is -2.12. The number of carboxylic acid groups (broad SMARTS) is 1. The fourth-order valence-electron chi connectivity index (χ4n) is 1.94. The minimum Gasteiger partial charge on any atom is -0.505 e. The van der Waals surface area contributed by atoms with E-state index in [1.807, 2.05) is 17.5 Å². The van der Waals surface area contributed by atoms with Gasteiger partial charge in [-0.1, -0.05) is 6.07 Å². The largest absolute Gasteiger partial charge is 0.505 e. The average Bonchev–Trinajstić information content (AvgIpc) is 3.13. The molecule has 3 N–H and O–H groups in total. The fourth-order valence-corrected chi connectivity index (χ4v) is 3.80. The van der Waals surface area contributed by atoms with Crippen LogP contribution in [-0.2, 0) is 4.79 Å². The smallest absolute Gasteiger partial charge is 0.322 e. The van der Waals surface area contributed by atoms with Gasteiger partial charge in [0, 0.05) is 21.3 Å². The molecule has 0 unspecified atom stereocenters. The maximum Gasteiger partial charge on any atom is 0.322 e. The van der Waals surface area contributed by atoms with Gasteiger partial charge in [0.25, 0.3) is 5.91 Å². The summed E-state index contributed by atoms with van der Waals surface area (Å²) >= 11 is 3.05. The van der Waals surface area contributed by atoms with Gasteiger partial charge >= 0.3 is 5.97 Å². The highest BCUT2D eigenvalue weighted by Crippen LogP contribution is 2.39. The predicted octanol–water partition coefficient (Wildman–Crippen LogP) is 2.54. The van der Waals surface area contributed by atoms with Crippen LogP contribution < -0.4 is 5.32 Å². The Balaban J connectivity index is 1.99. The lowest BCUT2D eigenvalue weighted by molar-refractivity contribution is -0.135. The number of nitrogens with zero attached hydrogens (tertiary/aromatic N) is 1. The van der Waals surface area contributed by atoms with Crippen molar-refractivity contribution in [2.75, 3.05) is 6.54 Å². The molecule has 0 bridgehead atoms. The summed E-state index contributed by atoms with van der Waals surface area (Å²) in [5.41, 5.74) is -0.177. The Labute approximate surface area is 132 Å². The lowest BCUT2D eigenvalue weighted by atomic mass is 10.2. The van der Waals surface area contributed by atoms with Gasteiger partial charge < -0.3 is 15.5 Å². The number of aliphatic carboxylic acids is 1. The Morgan fingerprint density at radius 3 is 2.82 bits per heavy atom. The third-order valence-electron chi connectivity index (χ3n) is 2.93. The van der Waals surface area contributed by atoms with Gasteiger partial charge in [0.2, 0.25) is 0 Å². The van der Waals surface area contributed by atoms with Gasteiger partial charge in [0.05, 0.1) is 4.70 Å². The first kappa shape index (κ1) is 14.5. The zero-order valence-electron chi connectivity index (χ0n) is 11.1. The number of fused-ring (bicyclic) bond motifs is 1. The molecule has 3 aromatic rings. The first-order chi connectivity index (χ1) is 10.6. The number of carbonyl (C=O) groups is 2. The van der Waals surface area contributed by atoms with E-state index in [-0.39, 0.29) is 11.4 Å². The number of amides is 1. The summed E-state index contributed by atoms with van der Waals surface area (Å²) in [7, 11) is 0. The summed E-state index contributed by atoms with van der Waals surface area (Å²) in [5, 5.41) is 23.5. The molecule has 0 radical (unpaired) electrons. The molecule has 0 aliphatic carbocycles. The van der Waals surface area contributed by atoms with E-state index in [4.69, 9.17) is 5.11 Å². The van der Waals surface area contributed by atoms with E-state index in [2.05, 4.69) is 10.3 Å². The minimum atomic E-state index is -1.16. The second kappa shape index (κ2) is 5.74. The van der Waals surface area contributed by atoms with Gasteiger partial charge in [-0.05, 0) is 17.5 Å². The molecule has 22 heavy (non-hydrogen) atoms. The van der Waals surface area contributed by atoms with Crippen molar-refractivity contribution in [1.29, 1.82) is 0 Å². The van der Waals surface area contributed by atoms with Gasteiger partial charge in [-0.25, -0.2) is 4.98 Å². The number of rotatable bonds is 4. The van der Waals surface area contributed by atoms with E-state index in [0.717, 1.165) is 14.5 Å². The van der Waals surface area contributed by atoms with Crippen LogP contribution in [0.4, 0.5) is 0 Å². The van der Waals surface area contributed by atoms with Gasteiger partial charge in [-0.2, -0.15) is 0 Å².